The number of pyridine rings is 1. The van der Waals surface area contributed by atoms with Crippen molar-refractivity contribution >= 4 is 0 Å². The van der Waals surface area contributed by atoms with Crippen molar-refractivity contribution in [1.29, 1.82) is 0 Å². The standard InChI is InChI=1S/C14H15N2.ClH3O4/c1-12-14(15-12,13-8-4-2-5-9-13)16-10-6-3-7-11-16;2-1(3,4)5/h2-12,15H,1H3;2-4H/q+1;. The zero-order valence-electron chi connectivity index (χ0n) is 11.4. The maximum atomic E-state index is 8.83. The molecule has 0 aliphatic carbocycles. The number of benzene rings is 1. The minimum atomic E-state index is -4.19. The summed E-state index contributed by atoms with van der Waals surface area (Å²) in [5.41, 5.74) is 1.28. The zero-order chi connectivity index (χ0) is 15.5. The van der Waals surface area contributed by atoms with Gasteiger partial charge in [0.2, 0.25) is 0 Å². The second kappa shape index (κ2) is 6.07. The van der Waals surface area contributed by atoms with Gasteiger partial charge in [-0.3, -0.25) is 0 Å². The van der Waals surface area contributed by atoms with Crippen LogP contribution in [-0.2, 0) is 5.66 Å². The Balaban J connectivity index is 0.000000282. The molecule has 1 aliphatic rings. The second-order valence-corrected chi connectivity index (χ2v) is 5.58. The zero-order valence-corrected chi connectivity index (χ0v) is 12.2. The van der Waals surface area contributed by atoms with Gasteiger partial charge in [-0.1, -0.05) is 36.4 Å². The number of aromatic nitrogens is 1. The van der Waals surface area contributed by atoms with E-state index in [1.807, 2.05) is 6.07 Å². The second-order valence-electron chi connectivity index (χ2n) is 4.71. The Morgan fingerprint density at radius 3 is 1.90 bits per heavy atom. The van der Waals surface area contributed by atoms with Gasteiger partial charge in [-0.25, -0.2) is 5.32 Å². The molecule has 0 saturated carbocycles. The predicted molar refractivity (Wildman–Crippen MR) is 69.4 cm³/mol. The third kappa shape index (κ3) is 3.98. The van der Waals surface area contributed by atoms with Crippen molar-refractivity contribution < 1.29 is 33.4 Å². The fraction of sp³-hybridized carbons (Fsp3) is 0.214. The van der Waals surface area contributed by atoms with Crippen molar-refractivity contribution in [2.45, 2.75) is 18.6 Å². The Labute approximate surface area is 124 Å². The van der Waals surface area contributed by atoms with E-state index < -0.39 is 10.2 Å². The van der Waals surface area contributed by atoms with Crippen molar-refractivity contribution in [3.8, 4) is 0 Å². The summed E-state index contributed by atoms with van der Waals surface area (Å²) in [4.78, 5) is 0. The van der Waals surface area contributed by atoms with Crippen LogP contribution in [0.2, 0.25) is 0 Å². The first-order valence-electron chi connectivity index (χ1n) is 6.30. The van der Waals surface area contributed by atoms with Gasteiger partial charge in [0.1, 0.15) is 0 Å². The summed E-state index contributed by atoms with van der Waals surface area (Å²) in [5.74, 6) is 0. The molecule has 2 atom stereocenters. The van der Waals surface area contributed by atoms with Gasteiger partial charge in [0.15, 0.2) is 12.4 Å². The minimum absolute atomic E-state index is 0.0392. The SMILES string of the molecule is CC1NC1(c1ccccc1)[n+]1ccccc1.[O-][Cl+](O)(O)O. The number of hydrogen-bond acceptors (Lipinski definition) is 5. The molecule has 21 heavy (non-hydrogen) atoms. The van der Waals surface area contributed by atoms with Crippen LogP contribution in [-0.4, -0.2) is 20.0 Å². The molecule has 1 aliphatic heterocycles. The Kier molecular flexibility index (Phi) is 4.58. The molecule has 0 amide bonds. The van der Waals surface area contributed by atoms with Gasteiger partial charge in [-0.2, -0.15) is 4.57 Å². The van der Waals surface area contributed by atoms with Crippen LogP contribution in [0.3, 0.4) is 0 Å². The van der Waals surface area contributed by atoms with Crippen molar-refractivity contribution in [2.24, 2.45) is 0 Å². The summed E-state index contributed by atoms with van der Waals surface area (Å²) in [7, 11) is -4.19. The van der Waals surface area contributed by atoms with Crippen LogP contribution >= 0.6 is 0 Å². The summed E-state index contributed by atoms with van der Waals surface area (Å²) in [6, 6.07) is 17.2. The van der Waals surface area contributed by atoms with E-state index in [2.05, 4.69) is 71.7 Å². The van der Waals surface area contributed by atoms with Gasteiger partial charge in [0.05, 0.1) is 6.04 Å². The summed E-state index contributed by atoms with van der Waals surface area (Å²) in [6.07, 6.45) is 4.23. The molecule has 4 N–H and O–H groups in total. The van der Waals surface area contributed by atoms with E-state index in [1.165, 1.54) is 5.56 Å². The van der Waals surface area contributed by atoms with Gasteiger partial charge < -0.3 is 0 Å². The van der Waals surface area contributed by atoms with E-state index in [9.17, 15) is 0 Å². The first kappa shape index (κ1) is 15.8. The maximum absolute atomic E-state index is 8.83. The van der Waals surface area contributed by atoms with Gasteiger partial charge >= 0.3 is 28.9 Å². The number of rotatable bonds is 2. The molecule has 6 nitrogen and oxygen atoms in total. The van der Waals surface area contributed by atoms with E-state index >= 15 is 0 Å². The third-order valence-electron chi connectivity index (χ3n) is 3.32. The summed E-state index contributed by atoms with van der Waals surface area (Å²) in [5, 5.41) is 3.54. The molecule has 2 unspecified atom stereocenters. The fourth-order valence-electron chi connectivity index (χ4n) is 2.40. The van der Waals surface area contributed by atoms with Gasteiger partial charge in [-0.15, -0.1) is 0 Å². The summed E-state index contributed by atoms with van der Waals surface area (Å²) < 4.78 is 32.5. The first-order valence-corrected chi connectivity index (χ1v) is 7.62. The molecular formula is C14H18ClN2O4+. The van der Waals surface area contributed by atoms with E-state index in [-0.39, 0.29) is 5.66 Å². The first-order chi connectivity index (χ1) is 9.84. The monoisotopic (exact) mass is 313 g/mol. The van der Waals surface area contributed by atoms with Crippen molar-refractivity contribution in [1.82, 2.24) is 5.32 Å². The van der Waals surface area contributed by atoms with Crippen LogP contribution in [0.4, 0.5) is 0 Å². The molecular weight excluding hydrogens is 296 g/mol. The molecule has 1 aromatic carbocycles. The Morgan fingerprint density at radius 2 is 1.48 bits per heavy atom. The Bertz CT molecular complexity index is 529. The van der Waals surface area contributed by atoms with Crippen molar-refractivity contribution in [2.75, 3.05) is 0 Å². The molecule has 1 saturated heterocycles. The topological polar surface area (TPSA) is 110 Å². The average molecular weight is 314 g/mol. The van der Waals surface area contributed by atoms with Gasteiger partial charge in [0.25, 0.3) is 5.66 Å². The molecule has 1 aromatic heterocycles. The average Bonchev–Trinajstić information content (AvgIpc) is 3.12. The number of nitrogens with zero attached hydrogens (tertiary/aromatic N) is 1. The normalized spacial score (nSPS) is 24.7. The molecule has 114 valence electrons. The molecule has 7 heteroatoms. The van der Waals surface area contributed by atoms with Crippen LogP contribution in [0.5, 0.6) is 0 Å². The quantitative estimate of drug-likeness (QED) is 0.411. The van der Waals surface area contributed by atoms with E-state index in [4.69, 9.17) is 18.6 Å². The van der Waals surface area contributed by atoms with Crippen LogP contribution < -0.4 is 14.5 Å². The number of halogens is 1. The van der Waals surface area contributed by atoms with E-state index in [0.29, 0.717) is 6.04 Å². The molecule has 0 bridgehead atoms. The van der Waals surface area contributed by atoms with Crippen LogP contribution in [0.1, 0.15) is 12.5 Å². The van der Waals surface area contributed by atoms with Gasteiger partial charge in [0, 0.05) is 17.7 Å². The molecule has 2 heterocycles. The van der Waals surface area contributed by atoms with Gasteiger partial charge in [-0.05, 0) is 6.92 Å². The Morgan fingerprint density at radius 1 is 1.05 bits per heavy atom. The van der Waals surface area contributed by atoms with Crippen molar-refractivity contribution in [3.05, 3.63) is 66.5 Å². The third-order valence-corrected chi connectivity index (χ3v) is 3.32. The number of nitrogens with one attached hydrogen (secondary N) is 1. The molecule has 0 radical (unpaired) electrons. The summed E-state index contributed by atoms with van der Waals surface area (Å²) in [6.45, 7) is 2.22. The molecule has 0 spiro atoms. The number of hydrogen-bond donors (Lipinski definition) is 4. The molecule has 1 fully saturated rings. The van der Waals surface area contributed by atoms with Crippen LogP contribution in [0.15, 0.2) is 60.9 Å². The Hall–Kier alpha value is -1.54. The summed E-state index contributed by atoms with van der Waals surface area (Å²) >= 11 is 0. The molecule has 3 rings (SSSR count). The van der Waals surface area contributed by atoms with E-state index in [1.54, 1.807) is 0 Å². The van der Waals surface area contributed by atoms with E-state index in [0.717, 1.165) is 0 Å². The molecule has 2 aromatic rings. The fourth-order valence-corrected chi connectivity index (χ4v) is 2.40. The predicted octanol–water partition coefficient (Wildman–Crippen LogP) is -1.19. The van der Waals surface area contributed by atoms with Crippen LogP contribution in [0.25, 0.3) is 0 Å². The van der Waals surface area contributed by atoms with Crippen LogP contribution in [0, 0.1) is 10.2 Å². The van der Waals surface area contributed by atoms with Crippen molar-refractivity contribution in [3.63, 3.8) is 0 Å².